The molecule has 2 rings (SSSR count). The summed E-state index contributed by atoms with van der Waals surface area (Å²) >= 11 is 0. The zero-order chi connectivity index (χ0) is 15.9. The van der Waals surface area contributed by atoms with Crippen molar-refractivity contribution in [2.75, 3.05) is 32.7 Å². The zero-order valence-electron chi connectivity index (χ0n) is 14.0. The quantitative estimate of drug-likeness (QED) is 0.806. The second-order valence-electron chi connectivity index (χ2n) is 6.52. The van der Waals surface area contributed by atoms with Gasteiger partial charge in [0.05, 0.1) is 5.92 Å². The number of piperidine rings is 2. The lowest BCUT2D eigenvalue weighted by molar-refractivity contribution is -0.130. The number of carbonyl (C=O) groups is 2. The van der Waals surface area contributed by atoms with Crippen LogP contribution >= 0.6 is 0 Å². The Bertz CT molecular complexity index is 372. The first kappa shape index (κ1) is 17.3. The lowest BCUT2D eigenvalue weighted by Gasteiger charge is -2.39. The van der Waals surface area contributed by atoms with Crippen molar-refractivity contribution < 1.29 is 9.59 Å². The number of nitrogens with one attached hydrogen (secondary N) is 2. The molecule has 0 aliphatic carbocycles. The maximum atomic E-state index is 12.7. The first-order valence-corrected chi connectivity index (χ1v) is 8.74. The van der Waals surface area contributed by atoms with Gasteiger partial charge in [0.15, 0.2) is 0 Å². The van der Waals surface area contributed by atoms with Crippen LogP contribution in [-0.2, 0) is 9.59 Å². The molecule has 125 valence electrons. The van der Waals surface area contributed by atoms with Gasteiger partial charge < -0.3 is 15.5 Å². The number of rotatable bonds is 5. The topological polar surface area (TPSA) is 61.4 Å². The van der Waals surface area contributed by atoms with E-state index in [2.05, 4.69) is 17.6 Å². The van der Waals surface area contributed by atoms with Crippen LogP contribution in [0.1, 0.15) is 46.0 Å². The summed E-state index contributed by atoms with van der Waals surface area (Å²) in [5.74, 6) is 2.17. The van der Waals surface area contributed by atoms with Gasteiger partial charge in [0.1, 0.15) is 0 Å². The highest BCUT2D eigenvalue weighted by molar-refractivity contribution is 5.91. The molecule has 0 aromatic heterocycles. The number of likely N-dealkylation sites (tertiary alicyclic amines) is 1. The third-order valence-corrected chi connectivity index (χ3v) is 4.96. The fourth-order valence-corrected chi connectivity index (χ4v) is 3.68. The van der Waals surface area contributed by atoms with E-state index in [-0.39, 0.29) is 11.8 Å². The molecule has 2 heterocycles. The molecular weight excluding hydrogens is 278 g/mol. The first-order chi connectivity index (χ1) is 10.6. The molecule has 0 aromatic rings. The van der Waals surface area contributed by atoms with Gasteiger partial charge in [-0.2, -0.15) is 0 Å². The van der Waals surface area contributed by atoms with E-state index >= 15 is 0 Å². The van der Waals surface area contributed by atoms with Gasteiger partial charge in [-0.1, -0.05) is 6.92 Å². The SMILES string of the molecule is CCCNC(=O)[C](C1CCNCC1)C1CCN(C(C)=O)CC1. The largest absolute Gasteiger partial charge is 0.356 e. The van der Waals surface area contributed by atoms with E-state index in [0.717, 1.165) is 70.7 Å². The van der Waals surface area contributed by atoms with Crippen LogP contribution in [0, 0.1) is 17.8 Å². The lowest BCUT2D eigenvalue weighted by Crippen LogP contribution is -2.46. The zero-order valence-corrected chi connectivity index (χ0v) is 14.0. The van der Waals surface area contributed by atoms with Gasteiger partial charge >= 0.3 is 0 Å². The summed E-state index contributed by atoms with van der Waals surface area (Å²) in [7, 11) is 0. The number of hydrogen-bond donors (Lipinski definition) is 2. The lowest BCUT2D eigenvalue weighted by atomic mass is 9.72. The summed E-state index contributed by atoms with van der Waals surface area (Å²) in [6.45, 7) is 8.04. The van der Waals surface area contributed by atoms with Gasteiger partial charge in [0.2, 0.25) is 11.8 Å². The normalized spacial score (nSPS) is 21.1. The predicted octanol–water partition coefficient (Wildman–Crippen LogP) is 1.35. The molecule has 2 aliphatic heterocycles. The summed E-state index contributed by atoms with van der Waals surface area (Å²) in [5, 5.41) is 6.46. The van der Waals surface area contributed by atoms with Crippen LogP contribution in [0.15, 0.2) is 0 Å². The molecule has 2 amide bonds. The Morgan fingerprint density at radius 3 is 2.23 bits per heavy atom. The van der Waals surface area contributed by atoms with E-state index in [1.807, 2.05) is 4.90 Å². The highest BCUT2D eigenvalue weighted by atomic mass is 16.2. The Morgan fingerprint density at radius 1 is 1.09 bits per heavy atom. The average molecular weight is 308 g/mol. The minimum Gasteiger partial charge on any atom is -0.356 e. The van der Waals surface area contributed by atoms with Crippen molar-refractivity contribution in [2.45, 2.75) is 46.0 Å². The Hall–Kier alpha value is -1.10. The molecule has 2 aliphatic rings. The Labute approximate surface area is 134 Å². The van der Waals surface area contributed by atoms with Crippen molar-refractivity contribution >= 4 is 11.8 Å². The van der Waals surface area contributed by atoms with E-state index in [1.165, 1.54) is 0 Å². The van der Waals surface area contributed by atoms with Crippen molar-refractivity contribution in [2.24, 2.45) is 11.8 Å². The fraction of sp³-hybridized carbons (Fsp3) is 0.824. The Balaban J connectivity index is 2.00. The molecule has 22 heavy (non-hydrogen) atoms. The van der Waals surface area contributed by atoms with Gasteiger partial charge in [-0.3, -0.25) is 9.59 Å². The highest BCUT2D eigenvalue weighted by Crippen LogP contribution is 2.36. The Morgan fingerprint density at radius 2 is 1.68 bits per heavy atom. The van der Waals surface area contributed by atoms with E-state index in [0.29, 0.717) is 11.8 Å². The van der Waals surface area contributed by atoms with Crippen LogP contribution in [0.25, 0.3) is 0 Å². The summed E-state index contributed by atoms with van der Waals surface area (Å²) in [4.78, 5) is 26.1. The second kappa shape index (κ2) is 8.51. The van der Waals surface area contributed by atoms with Gasteiger partial charge in [-0.25, -0.2) is 0 Å². The standard InChI is InChI=1S/C17H30N3O2/c1-3-8-19-17(22)16(14-4-9-18-10-5-14)15-6-11-20(12-7-15)13(2)21/h14-15,18H,3-12H2,1-2H3,(H,19,22). The van der Waals surface area contributed by atoms with E-state index in [9.17, 15) is 9.59 Å². The minimum absolute atomic E-state index is 0.150. The van der Waals surface area contributed by atoms with E-state index in [1.54, 1.807) is 6.92 Å². The first-order valence-electron chi connectivity index (χ1n) is 8.74. The van der Waals surface area contributed by atoms with E-state index < -0.39 is 0 Å². The molecule has 0 unspecified atom stereocenters. The molecular formula is C17H30N3O2. The van der Waals surface area contributed by atoms with Crippen molar-refractivity contribution in [1.82, 2.24) is 15.5 Å². The van der Waals surface area contributed by atoms with Crippen LogP contribution in [0.5, 0.6) is 0 Å². The van der Waals surface area contributed by atoms with Crippen molar-refractivity contribution in [3.63, 3.8) is 0 Å². The monoisotopic (exact) mass is 308 g/mol. The molecule has 0 aromatic carbocycles. The number of carbonyl (C=O) groups excluding carboxylic acids is 2. The Kier molecular flexibility index (Phi) is 6.68. The number of amides is 2. The molecule has 0 spiro atoms. The average Bonchev–Trinajstić information content (AvgIpc) is 2.54. The van der Waals surface area contributed by atoms with Crippen LogP contribution in [0.3, 0.4) is 0 Å². The van der Waals surface area contributed by atoms with Crippen molar-refractivity contribution in [3.05, 3.63) is 5.92 Å². The second-order valence-corrected chi connectivity index (χ2v) is 6.52. The van der Waals surface area contributed by atoms with Gasteiger partial charge in [-0.15, -0.1) is 0 Å². The third-order valence-electron chi connectivity index (χ3n) is 4.96. The van der Waals surface area contributed by atoms with Gasteiger partial charge in [0, 0.05) is 26.6 Å². The van der Waals surface area contributed by atoms with Gasteiger partial charge in [0.25, 0.3) is 0 Å². The third kappa shape index (κ3) is 4.45. The summed E-state index contributed by atoms with van der Waals surface area (Å²) < 4.78 is 0. The molecule has 2 saturated heterocycles. The van der Waals surface area contributed by atoms with Crippen LogP contribution in [0.4, 0.5) is 0 Å². The van der Waals surface area contributed by atoms with Crippen LogP contribution < -0.4 is 10.6 Å². The summed E-state index contributed by atoms with van der Waals surface area (Å²) in [6.07, 6.45) is 4.94. The highest BCUT2D eigenvalue weighted by Gasteiger charge is 2.38. The summed E-state index contributed by atoms with van der Waals surface area (Å²) in [5.41, 5.74) is 0. The molecule has 0 bridgehead atoms. The van der Waals surface area contributed by atoms with Crippen LogP contribution in [0.2, 0.25) is 0 Å². The number of nitrogens with zero attached hydrogens (tertiary/aromatic N) is 1. The van der Waals surface area contributed by atoms with E-state index in [4.69, 9.17) is 0 Å². The molecule has 0 atom stereocenters. The fourth-order valence-electron chi connectivity index (χ4n) is 3.68. The molecule has 0 saturated carbocycles. The minimum atomic E-state index is 0.150. The maximum Gasteiger partial charge on any atom is 0.227 e. The molecule has 5 nitrogen and oxygen atoms in total. The predicted molar refractivity (Wildman–Crippen MR) is 87.1 cm³/mol. The summed E-state index contributed by atoms with van der Waals surface area (Å²) in [6, 6.07) is 0. The number of hydrogen-bond acceptors (Lipinski definition) is 3. The molecule has 1 radical (unpaired) electrons. The molecule has 2 fully saturated rings. The van der Waals surface area contributed by atoms with Crippen molar-refractivity contribution in [1.29, 1.82) is 0 Å². The van der Waals surface area contributed by atoms with Crippen molar-refractivity contribution in [3.8, 4) is 0 Å². The molecule has 5 heteroatoms. The molecule has 2 N–H and O–H groups in total. The van der Waals surface area contributed by atoms with Gasteiger partial charge in [-0.05, 0) is 57.0 Å². The smallest absolute Gasteiger partial charge is 0.227 e. The maximum absolute atomic E-state index is 12.7. The van der Waals surface area contributed by atoms with Crippen LogP contribution in [-0.4, -0.2) is 49.4 Å².